The van der Waals surface area contributed by atoms with Crippen LogP contribution in [0.15, 0.2) is 48.5 Å². The third kappa shape index (κ3) is 5.96. The van der Waals surface area contributed by atoms with Crippen LogP contribution < -0.4 is 0 Å². The van der Waals surface area contributed by atoms with Crippen LogP contribution in [0.2, 0.25) is 0 Å². The van der Waals surface area contributed by atoms with Crippen molar-refractivity contribution < 1.29 is 22.6 Å². The summed E-state index contributed by atoms with van der Waals surface area (Å²) in [6.07, 6.45) is 6.53. The maximum absolute atomic E-state index is 15.1. The Hall–Kier alpha value is -2.37. The van der Waals surface area contributed by atoms with Gasteiger partial charge < -0.3 is 9.47 Å². The molecule has 3 aromatic carbocycles. The van der Waals surface area contributed by atoms with Crippen molar-refractivity contribution >= 4 is 10.8 Å². The van der Waals surface area contributed by atoms with Crippen molar-refractivity contribution in [3.8, 4) is 0 Å². The highest BCUT2D eigenvalue weighted by Gasteiger charge is 2.23. The molecular weight excluding hydrogens is 425 g/mol. The highest BCUT2D eigenvalue weighted by molar-refractivity contribution is 5.84. The molecule has 0 unspecified atom stereocenters. The monoisotopic (exact) mass is 456 g/mol. The molecule has 1 fully saturated rings. The van der Waals surface area contributed by atoms with Crippen molar-refractivity contribution in [3.63, 3.8) is 0 Å². The van der Waals surface area contributed by atoms with E-state index in [0.29, 0.717) is 48.5 Å². The Morgan fingerprint density at radius 1 is 0.818 bits per heavy atom. The fourth-order valence-corrected chi connectivity index (χ4v) is 4.43. The molecule has 0 radical (unpaired) electrons. The summed E-state index contributed by atoms with van der Waals surface area (Å²) in [5, 5.41) is 1.32. The standard InChI is InChI=1S/C28H31F3O2/c1-2-3-4-5-6-20-17-32-28(33-18-20)23-12-13-24-22(16-23)11-10-21(27(24)31)9-7-19-8-14-25(29)26(30)15-19/h8,10-16,20,28H,2-7,9,17-18H2,1H3. The molecule has 2 nitrogen and oxygen atoms in total. The summed E-state index contributed by atoms with van der Waals surface area (Å²) >= 11 is 0. The molecule has 3 aromatic rings. The summed E-state index contributed by atoms with van der Waals surface area (Å²) in [7, 11) is 0. The Bertz CT molecular complexity index is 1070. The van der Waals surface area contributed by atoms with E-state index in [1.54, 1.807) is 12.1 Å². The lowest BCUT2D eigenvalue weighted by Gasteiger charge is -2.30. The molecule has 1 aliphatic heterocycles. The molecule has 0 atom stereocenters. The number of benzene rings is 3. The van der Waals surface area contributed by atoms with Crippen molar-refractivity contribution in [1.29, 1.82) is 0 Å². The quantitative estimate of drug-likeness (QED) is 0.308. The molecule has 0 aromatic heterocycles. The van der Waals surface area contributed by atoms with Crippen molar-refractivity contribution in [2.75, 3.05) is 13.2 Å². The predicted molar refractivity (Wildman–Crippen MR) is 125 cm³/mol. The van der Waals surface area contributed by atoms with E-state index in [9.17, 15) is 8.78 Å². The molecule has 0 aliphatic carbocycles. The summed E-state index contributed by atoms with van der Waals surface area (Å²) in [5.41, 5.74) is 2.08. The summed E-state index contributed by atoms with van der Waals surface area (Å²) < 4.78 is 53.6. The Kier molecular flexibility index (Phi) is 8.05. The number of hydrogen-bond acceptors (Lipinski definition) is 2. The fraction of sp³-hybridized carbons (Fsp3) is 0.429. The Labute approximate surface area is 193 Å². The molecule has 0 spiro atoms. The zero-order chi connectivity index (χ0) is 23.2. The molecule has 176 valence electrons. The van der Waals surface area contributed by atoms with Crippen LogP contribution in [-0.4, -0.2) is 13.2 Å². The third-order valence-corrected chi connectivity index (χ3v) is 6.43. The van der Waals surface area contributed by atoms with Gasteiger partial charge in [-0.25, -0.2) is 13.2 Å². The second kappa shape index (κ2) is 11.2. The smallest absolute Gasteiger partial charge is 0.183 e. The highest BCUT2D eigenvalue weighted by atomic mass is 19.2. The number of aryl methyl sites for hydroxylation is 2. The normalized spacial score (nSPS) is 18.7. The van der Waals surface area contributed by atoms with Crippen LogP contribution >= 0.6 is 0 Å². The lowest BCUT2D eigenvalue weighted by atomic mass is 9.98. The number of rotatable bonds is 9. The second-order valence-corrected chi connectivity index (χ2v) is 8.98. The van der Waals surface area contributed by atoms with Crippen molar-refractivity contribution in [1.82, 2.24) is 0 Å². The minimum atomic E-state index is -0.881. The van der Waals surface area contributed by atoms with Gasteiger partial charge in [0.1, 0.15) is 5.82 Å². The molecule has 1 heterocycles. The summed E-state index contributed by atoms with van der Waals surface area (Å²) in [6.45, 7) is 3.59. The maximum atomic E-state index is 15.1. The van der Waals surface area contributed by atoms with Crippen LogP contribution in [0.5, 0.6) is 0 Å². The van der Waals surface area contributed by atoms with E-state index < -0.39 is 17.9 Å². The molecule has 4 rings (SSSR count). The number of fused-ring (bicyclic) bond motifs is 1. The zero-order valence-electron chi connectivity index (χ0n) is 19.1. The molecule has 1 saturated heterocycles. The summed E-state index contributed by atoms with van der Waals surface area (Å²) in [5.74, 6) is -1.60. The van der Waals surface area contributed by atoms with Gasteiger partial charge in [0.2, 0.25) is 0 Å². The van der Waals surface area contributed by atoms with Gasteiger partial charge in [0.15, 0.2) is 17.9 Å². The van der Waals surface area contributed by atoms with E-state index in [4.69, 9.17) is 9.47 Å². The molecule has 5 heteroatoms. The Morgan fingerprint density at radius 2 is 1.64 bits per heavy atom. The van der Waals surface area contributed by atoms with Gasteiger partial charge in [-0.05, 0) is 54.0 Å². The Morgan fingerprint density at radius 3 is 2.39 bits per heavy atom. The SMILES string of the molecule is CCCCCCC1COC(c2ccc3c(F)c(CCc4ccc(F)c(F)c4)ccc3c2)OC1. The van der Waals surface area contributed by atoms with Gasteiger partial charge in [-0.1, -0.05) is 62.9 Å². The summed E-state index contributed by atoms with van der Waals surface area (Å²) in [4.78, 5) is 0. The molecule has 0 bridgehead atoms. The topological polar surface area (TPSA) is 18.5 Å². The minimum Gasteiger partial charge on any atom is -0.348 e. The van der Waals surface area contributed by atoms with E-state index >= 15 is 4.39 Å². The second-order valence-electron chi connectivity index (χ2n) is 8.98. The molecule has 1 aliphatic rings. The van der Waals surface area contributed by atoms with Gasteiger partial charge in [-0.2, -0.15) is 0 Å². The zero-order valence-corrected chi connectivity index (χ0v) is 19.1. The maximum Gasteiger partial charge on any atom is 0.183 e. The van der Waals surface area contributed by atoms with Crippen LogP contribution in [0.4, 0.5) is 13.2 Å². The average molecular weight is 457 g/mol. The van der Waals surface area contributed by atoms with E-state index in [2.05, 4.69) is 6.92 Å². The van der Waals surface area contributed by atoms with Gasteiger partial charge in [0.25, 0.3) is 0 Å². The number of hydrogen-bond donors (Lipinski definition) is 0. The van der Waals surface area contributed by atoms with Crippen LogP contribution in [0, 0.1) is 23.4 Å². The van der Waals surface area contributed by atoms with Crippen molar-refractivity contribution in [3.05, 3.63) is 82.7 Å². The van der Waals surface area contributed by atoms with Gasteiger partial charge in [-0.3, -0.25) is 0 Å². The predicted octanol–water partition coefficient (Wildman–Crippen LogP) is 7.67. The van der Waals surface area contributed by atoms with Crippen LogP contribution in [0.25, 0.3) is 10.8 Å². The average Bonchev–Trinajstić information content (AvgIpc) is 2.84. The first-order valence-corrected chi connectivity index (χ1v) is 11.9. The summed E-state index contributed by atoms with van der Waals surface area (Å²) in [6, 6.07) is 13.0. The number of halogens is 3. The number of ether oxygens (including phenoxy) is 2. The van der Waals surface area contributed by atoms with Crippen molar-refractivity contribution in [2.24, 2.45) is 5.92 Å². The molecule has 0 saturated carbocycles. The van der Waals surface area contributed by atoms with Crippen LogP contribution in [0.1, 0.15) is 62.0 Å². The van der Waals surface area contributed by atoms with Gasteiger partial charge in [0.05, 0.1) is 13.2 Å². The largest absolute Gasteiger partial charge is 0.348 e. The van der Waals surface area contributed by atoms with E-state index in [-0.39, 0.29) is 5.82 Å². The van der Waals surface area contributed by atoms with E-state index in [0.717, 1.165) is 23.4 Å². The van der Waals surface area contributed by atoms with Crippen molar-refractivity contribution in [2.45, 2.75) is 58.2 Å². The first kappa shape index (κ1) is 23.8. The first-order chi connectivity index (χ1) is 16.0. The molecule has 0 amide bonds. The minimum absolute atomic E-state index is 0.278. The van der Waals surface area contributed by atoms with E-state index in [1.807, 2.05) is 18.2 Å². The third-order valence-electron chi connectivity index (χ3n) is 6.43. The first-order valence-electron chi connectivity index (χ1n) is 11.9. The van der Waals surface area contributed by atoms with Crippen LogP contribution in [-0.2, 0) is 22.3 Å². The molecular formula is C28H31F3O2. The van der Waals surface area contributed by atoms with Gasteiger partial charge in [-0.15, -0.1) is 0 Å². The lowest BCUT2D eigenvalue weighted by molar-refractivity contribution is -0.206. The fourth-order valence-electron chi connectivity index (χ4n) is 4.43. The molecule has 33 heavy (non-hydrogen) atoms. The van der Waals surface area contributed by atoms with E-state index in [1.165, 1.54) is 37.8 Å². The molecule has 0 N–H and O–H groups in total. The number of unbranched alkanes of at least 4 members (excludes halogenated alkanes) is 3. The Balaban J connectivity index is 1.38. The highest BCUT2D eigenvalue weighted by Crippen LogP contribution is 2.31. The van der Waals surface area contributed by atoms with Crippen LogP contribution in [0.3, 0.4) is 0 Å². The van der Waals surface area contributed by atoms with Gasteiger partial charge >= 0.3 is 0 Å². The van der Waals surface area contributed by atoms with Gasteiger partial charge in [0, 0.05) is 16.9 Å². The lowest BCUT2D eigenvalue weighted by Crippen LogP contribution is -2.27.